The zero-order valence-electron chi connectivity index (χ0n) is 17.5. The number of aromatic nitrogens is 3. The van der Waals surface area contributed by atoms with Gasteiger partial charge in [-0.2, -0.15) is 0 Å². The first kappa shape index (κ1) is 18.2. The number of hydrogen-bond acceptors (Lipinski definition) is 7. The Morgan fingerprint density at radius 3 is 2.17 bits per heavy atom. The topological polar surface area (TPSA) is 83.2 Å². The molecule has 0 radical (unpaired) electrons. The summed E-state index contributed by atoms with van der Waals surface area (Å²) in [7, 11) is 0. The predicted molar refractivity (Wildman–Crippen MR) is 120 cm³/mol. The number of hydrogen-bond donors (Lipinski definition) is 2. The lowest BCUT2D eigenvalue weighted by Gasteiger charge is -2.57. The number of nitrogen functional groups attached to an aromatic ring is 1. The van der Waals surface area contributed by atoms with Crippen LogP contribution in [0.3, 0.4) is 0 Å². The molecule has 0 amide bonds. The Morgan fingerprint density at radius 1 is 0.867 bits per heavy atom. The lowest BCUT2D eigenvalue weighted by Crippen LogP contribution is -2.55. The van der Waals surface area contributed by atoms with Crippen molar-refractivity contribution in [2.24, 2.45) is 17.8 Å². The second-order valence-electron chi connectivity index (χ2n) is 9.94. The smallest absolute Gasteiger partial charge is 0.157 e. The zero-order chi connectivity index (χ0) is 20.1. The third-order valence-electron chi connectivity index (χ3n) is 7.84. The lowest BCUT2D eigenvalue weighted by molar-refractivity contribution is 0.0106. The van der Waals surface area contributed by atoms with Crippen molar-refractivity contribution in [3.05, 3.63) is 30.7 Å². The van der Waals surface area contributed by atoms with Crippen molar-refractivity contribution in [1.29, 1.82) is 0 Å². The Balaban J connectivity index is 1.18. The van der Waals surface area contributed by atoms with E-state index in [0.29, 0.717) is 5.69 Å². The lowest BCUT2D eigenvalue weighted by atomic mass is 9.53. The number of rotatable bonds is 4. The molecule has 4 aliphatic carbocycles. The van der Waals surface area contributed by atoms with Crippen LogP contribution in [0.2, 0.25) is 0 Å². The van der Waals surface area contributed by atoms with E-state index in [1.165, 1.54) is 38.5 Å². The van der Waals surface area contributed by atoms with Crippen LogP contribution >= 0.6 is 0 Å². The van der Waals surface area contributed by atoms with Gasteiger partial charge >= 0.3 is 0 Å². The molecule has 0 unspecified atom stereocenters. The summed E-state index contributed by atoms with van der Waals surface area (Å²) in [6.07, 6.45) is 11.7. The molecule has 7 rings (SSSR count). The van der Waals surface area contributed by atoms with Crippen molar-refractivity contribution in [3.8, 4) is 0 Å². The molecule has 2 aromatic heterocycles. The molecular weight excluding hydrogens is 374 g/mol. The van der Waals surface area contributed by atoms with Crippen LogP contribution in [0.5, 0.6) is 0 Å². The molecule has 1 aliphatic heterocycles. The van der Waals surface area contributed by atoms with E-state index in [-0.39, 0.29) is 5.54 Å². The average molecular weight is 406 g/mol. The van der Waals surface area contributed by atoms with Gasteiger partial charge in [-0.05, 0) is 68.4 Å². The van der Waals surface area contributed by atoms with E-state index in [1.54, 1.807) is 6.33 Å². The van der Waals surface area contributed by atoms with Crippen LogP contribution in [-0.4, -0.2) is 46.7 Å². The molecule has 4 saturated carbocycles. The summed E-state index contributed by atoms with van der Waals surface area (Å²) in [5, 5.41) is 3.85. The number of nitrogens with zero attached hydrogens (tertiary/aromatic N) is 5. The molecule has 7 nitrogen and oxygen atoms in total. The number of nitrogens with one attached hydrogen (secondary N) is 1. The molecule has 5 fully saturated rings. The number of pyridine rings is 1. The highest BCUT2D eigenvalue weighted by atomic mass is 15.3. The van der Waals surface area contributed by atoms with E-state index >= 15 is 0 Å². The van der Waals surface area contributed by atoms with Crippen molar-refractivity contribution in [3.63, 3.8) is 0 Å². The third kappa shape index (κ3) is 3.15. The van der Waals surface area contributed by atoms with Gasteiger partial charge in [0.05, 0.1) is 0 Å². The van der Waals surface area contributed by atoms with Crippen LogP contribution in [0, 0.1) is 17.8 Å². The Labute approximate surface area is 178 Å². The monoisotopic (exact) mass is 405 g/mol. The van der Waals surface area contributed by atoms with E-state index < -0.39 is 0 Å². The number of nitrogens with two attached hydrogens (primary N) is 1. The highest BCUT2D eigenvalue weighted by molar-refractivity contribution is 5.75. The van der Waals surface area contributed by atoms with E-state index in [2.05, 4.69) is 36.1 Å². The maximum atomic E-state index is 6.63. The second kappa shape index (κ2) is 7.00. The summed E-state index contributed by atoms with van der Waals surface area (Å²) in [6, 6.07) is 6.07. The van der Waals surface area contributed by atoms with Crippen LogP contribution in [0.4, 0.5) is 23.1 Å². The molecule has 2 aromatic rings. The minimum atomic E-state index is 0.201. The first-order valence-corrected chi connectivity index (χ1v) is 11.5. The standard InChI is InChI=1S/C23H31N7/c24-20-21(28-23-12-16-9-17(13-23)11-18(10-16)14-23)26-15-27-22(20)30-7-5-29(6-8-30)19-3-1-2-4-25-19/h1-4,15-18H,5-14,24H2,(H,26,27,28). The van der Waals surface area contributed by atoms with E-state index in [4.69, 9.17) is 5.73 Å². The molecule has 7 heteroatoms. The van der Waals surface area contributed by atoms with Gasteiger partial charge in [0.2, 0.25) is 0 Å². The zero-order valence-corrected chi connectivity index (χ0v) is 17.5. The molecule has 0 aromatic carbocycles. The Morgan fingerprint density at radius 2 is 1.53 bits per heavy atom. The molecule has 1 saturated heterocycles. The van der Waals surface area contributed by atoms with Crippen LogP contribution in [-0.2, 0) is 0 Å². The quantitative estimate of drug-likeness (QED) is 0.808. The summed E-state index contributed by atoms with van der Waals surface area (Å²) in [6.45, 7) is 3.60. The predicted octanol–water partition coefficient (Wildman–Crippen LogP) is 3.16. The van der Waals surface area contributed by atoms with Crippen LogP contribution in [0.1, 0.15) is 38.5 Å². The van der Waals surface area contributed by atoms with Gasteiger partial charge in [0.1, 0.15) is 17.8 Å². The molecule has 0 atom stereocenters. The fourth-order valence-corrected chi connectivity index (χ4v) is 6.94. The van der Waals surface area contributed by atoms with Gasteiger partial charge in [0, 0.05) is 37.9 Å². The Bertz CT molecular complexity index is 872. The third-order valence-corrected chi connectivity index (χ3v) is 7.84. The van der Waals surface area contributed by atoms with Crippen LogP contribution in [0.15, 0.2) is 30.7 Å². The van der Waals surface area contributed by atoms with Crippen molar-refractivity contribution in [2.75, 3.05) is 47.0 Å². The minimum absolute atomic E-state index is 0.201. The van der Waals surface area contributed by atoms with Gasteiger partial charge in [0.25, 0.3) is 0 Å². The highest BCUT2D eigenvalue weighted by Gasteiger charge is 2.51. The molecule has 5 aliphatic rings. The minimum Gasteiger partial charge on any atom is -0.393 e. The van der Waals surface area contributed by atoms with Crippen molar-refractivity contribution in [1.82, 2.24) is 15.0 Å². The molecule has 0 spiro atoms. The largest absolute Gasteiger partial charge is 0.393 e. The first-order valence-electron chi connectivity index (χ1n) is 11.5. The summed E-state index contributed by atoms with van der Waals surface area (Å²) in [5.41, 5.74) is 7.54. The van der Waals surface area contributed by atoms with Gasteiger partial charge in [-0.25, -0.2) is 15.0 Å². The molecule has 3 heterocycles. The van der Waals surface area contributed by atoms with Gasteiger partial charge in [-0.15, -0.1) is 0 Å². The molecule has 4 bridgehead atoms. The van der Waals surface area contributed by atoms with Crippen molar-refractivity contribution < 1.29 is 0 Å². The van der Waals surface area contributed by atoms with Crippen molar-refractivity contribution >= 4 is 23.1 Å². The normalized spacial score (nSPS) is 32.5. The van der Waals surface area contributed by atoms with E-state index in [0.717, 1.165) is 61.4 Å². The fourth-order valence-electron chi connectivity index (χ4n) is 6.94. The van der Waals surface area contributed by atoms with Gasteiger partial charge in [-0.1, -0.05) is 6.07 Å². The maximum absolute atomic E-state index is 6.63. The van der Waals surface area contributed by atoms with Crippen LogP contribution in [0.25, 0.3) is 0 Å². The summed E-state index contributed by atoms with van der Waals surface area (Å²) in [4.78, 5) is 18.2. The maximum Gasteiger partial charge on any atom is 0.157 e. The molecular formula is C23H31N7. The summed E-state index contributed by atoms with van der Waals surface area (Å²) < 4.78 is 0. The van der Waals surface area contributed by atoms with Gasteiger partial charge < -0.3 is 20.9 Å². The summed E-state index contributed by atoms with van der Waals surface area (Å²) in [5.74, 6) is 5.44. The van der Waals surface area contributed by atoms with E-state index in [1.807, 2.05) is 18.3 Å². The second-order valence-corrected chi connectivity index (χ2v) is 9.94. The molecule has 3 N–H and O–H groups in total. The number of anilines is 4. The Kier molecular flexibility index (Phi) is 4.25. The molecule has 30 heavy (non-hydrogen) atoms. The molecule has 158 valence electrons. The first-order chi connectivity index (χ1) is 14.7. The SMILES string of the molecule is Nc1c(NC23CC4CC(CC(C4)C2)C3)ncnc1N1CCN(c2ccccn2)CC1. The van der Waals surface area contributed by atoms with E-state index in [9.17, 15) is 0 Å². The summed E-state index contributed by atoms with van der Waals surface area (Å²) >= 11 is 0. The average Bonchev–Trinajstić information content (AvgIpc) is 2.75. The number of piperazine rings is 1. The fraction of sp³-hybridized carbons (Fsp3) is 0.609. The van der Waals surface area contributed by atoms with Gasteiger partial charge in [0.15, 0.2) is 11.6 Å². The van der Waals surface area contributed by atoms with Gasteiger partial charge in [-0.3, -0.25) is 0 Å². The Hall–Kier alpha value is -2.57. The highest BCUT2D eigenvalue weighted by Crippen LogP contribution is 2.56. The van der Waals surface area contributed by atoms with Crippen molar-refractivity contribution in [2.45, 2.75) is 44.1 Å². The van der Waals surface area contributed by atoms with Crippen LogP contribution < -0.4 is 20.9 Å².